The highest BCUT2D eigenvalue weighted by atomic mass is 16.5. The lowest BCUT2D eigenvalue weighted by molar-refractivity contribution is 0.0835. The number of pyridine rings is 1. The second kappa shape index (κ2) is 6.41. The van der Waals surface area contributed by atoms with Crippen molar-refractivity contribution in [1.29, 1.82) is 0 Å². The zero-order valence-electron chi connectivity index (χ0n) is 14.9. The van der Waals surface area contributed by atoms with E-state index in [2.05, 4.69) is 25.6 Å². The standard InChI is InChI=1S/C18H19N5O4/c1-9-14-15(10-4-2-5-11(10)20-18(14)27-22-9)16(24)19-8-13-21-17(26-23-13)12-6-3-7-25-12/h12H,2-8H2,1H3,(H,19,24). The first-order valence-corrected chi connectivity index (χ1v) is 9.20. The molecule has 27 heavy (non-hydrogen) atoms. The second-order valence-corrected chi connectivity index (χ2v) is 6.95. The fourth-order valence-corrected chi connectivity index (χ4v) is 3.86. The minimum absolute atomic E-state index is 0.135. The minimum Gasteiger partial charge on any atom is -0.368 e. The molecule has 0 saturated carbocycles. The van der Waals surface area contributed by atoms with Crippen molar-refractivity contribution in [3.63, 3.8) is 0 Å². The summed E-state index contributed by atoms with van der Waals surface area (Å²) in [5.74, 6) is 0.701. The fraction of sp³-hybridized carbons (Fsp3) is 0.500. The third-order valence-corrected chi connectivity index (χ3v) is 5.14. The first-order chi connectivity index (χ1) is 13.2. The van der Waals surface area contributed by atoms with Gasteiger partial charge in [0.15, 0.2) is 5.82 Å². The SMILES string of the molecule is Cc1noc2nc3c(c(C(=O)NCc4noc(C5CCCO5)n4)c12)CCC3. The molecule has 0 aromatic carbocycles. The topological polar surface area (TPSA) is 116 Å². The van der Waals surface area contributed by atoms with Gasteiger partial charge in [0.2, 0.25) is 0 Å². The van der Waals surface area contributed by atoms with Crippen LogP contribution in [0.15, 0.2) is 9.05 Å². The van der Waals surface area contributed by atoms with Gasteiger partial charge in [-0.25, -0.2) is 4.98 Å². The highest BCUT2D eigenvalue weighted by Gasteiger charge is 2.28. The number of amides is 1. The third-order valence-electron chi connectivity index (χ3n) is 5.14. The van der Waals surface area contributed by atoms with E-state index in [9.17, 15) is 4.79 Å². The molecule has 3 aromatic rings. The summed E-state index contributed by atoms with van der Waals surface area (Å²) in [6.07, 6.45) is 4.39. The van der Waals surface area contributed by atoms with E-state index in [1.807, 2.05) is 6.92 Å². The Morgan fingerprint density at radius 1 is 1.19 bits per heavy atom. The average Bonchev–Trinajstić information content (AvgIpc) is 3.44. The summed E-state index contributed by atoms with van der Waals surface area (Å²) in [5.41, 5.74) is 3.59. The van der Waals surface area contributed by atoms with E-state index in [0.29, 0.717) is 40.7 Å². The molecule has 2 aliphatic rings. The van der Waals surface area contributed by atoms with E-state index in [0.717, 1.165) is 43.4 Å². The van der Waals surface area contributed by atoms with Crippen molar-refractivity contribution in [3.05, 3.63) is 34.2 Å². The van der Waals surface area contributed by atoms with Crippen molar-refractivity contribution in [1.82, 2.24) is 25.6 Å². The molecule has 3 aromatic heterocycles. The largest absolute Gasteiger partial charge is 0.368 e. The van der Waals surface area contributed by atoms with Crippen LogP contribution in [0.25, 0.3) is 11.1 Å². The van der Waals surface area contributed by atoms with Gasteiger partial charge in [0, 0.05) is 12.3 Å². The smallest absolute Gasteiger partial charge is 0.259 e. The fourth-order valence-electron chi connectivity index (χ4n) is 3.86. The van der Waals surface area contributed by atoms with Gasteiger partial charge in [0.1, 0.15) is 6.10 Å². The van der Waals surface area contributed by atoms with Crippen LogP contribution in [-0.4, -0.2) is 32.8 Å². The zero-order chi connectivity index (χ0) is 18.4. The van der Waals surface area contributed by atoms with Crippen molar-refractivity contribution >= 4 is 17.0 Å². The second-order valence-electron chi connectivity index (χ2n) is 6.95. The number of aromatic nitrogens is 4. The zero-order valence-corrected chi connectivity index (χ0v) is 14.9. The summed E-state index contributed by atoms with van der Waals surface area (Å²) >= 11 is 0. The molecular weight excluding hydrogens is 350 g/mol. The van der Waals surface area contributed by atoms with Crippen molar-refractivity contribution < 1.29 is 18.6 Å². The quantitative estimate of drug-likeness (QED) is 0.744. The number of carbonyl (C=O) groups is 1. The van der Waals surface area contributed by atoms with Gasteiger partial charge in [0.25, 0.3) is 17.5 Å². The van der Waals surface area contributed by atoms with Gasteiger partial charge in [0.05, 0.1) is 23.2 Å². The highest BCUT2D eigenvalue weighted by Crippen LogP contribution is 2.31. The van der Waals surface area contributed by atoms with Crippen LogP contribution in [0.1, 0.15) is 64.4 Å². The molecule has 1 fully saturated rings. The molecular formula is C18H19N5O4. The van der Waals surface area contributed by atoms with Crippen LogP contribution >= 0.6 is 0 Å². The number of rotatable bonds is 4. The number of carbonyl (C=O) groups excluding carboxylic acids is 1. The van der Waals surface area contributed by atoms with E-state index < -0.39 is 0 Å². The minimum atomic E-state index is -0.199. The van der Waals surface area contributed by atoms with Gasteiger partial charge in [-0.2, -0.15) is 4.98 Å². The molecule has 1 unspecified atom stereocenters. The lowest BCUT2D eigenvalue weighted by atomic mass is 10.0. The molecule has 4 heterocycles. The van der Waals surface area contributed by atoms with Crippen LogP contribution in [-0.2, 0) is 24.1 Å². The Hall–Kier alpha value is -2.81. The lowest BCUT2D eigenvalue weighted by Crippen LogP contribution is -2.25. The number of hydrogen-bond acceptors (Lipinski definition) is 8. The molecule has 0 bridgehead atoms. The Labute approximate surface area is 154 Å². The summed E-state index contributed by atoms with van der Waals surface area (Å²) in [5, 5.41) is 11.5. The molecule has 1 aliphatic carbocycles. The number of nitrogens with one attached hydrogen (secondary N) is 1. The maximum absolute atomic E-state index is 13.0. The first kappa shape index (κ1) is 16.4. The van der Waals surface area contributed by atoms with E-state index in [-0.39, 0.29) is 18.6 Å². The molecule has 1 amide bonds. The van der Waals surface area contributed by atoms with Crippen LogP contribution in [0, 0.1) is 6.92 Å². The summed E-state index contributed by atoms with van der Waals surface area (Å²) < 4.78 is 16.1. The van der Waals surface area contributed by atoms with E-state index in [4.69, 9.17) is 13.8 Å². The van der Waals surface area contributed by atoms with Gasteiger partial charge >= 0.3 is 0 Å². The molecule has 5 rings (SSSR count). The summed E-state index contributed by atoms with van der Waals surface area (Å²) in [6, 6.07) is 0. The molecule has 1 atom stereocenters. The number of aryl methyl sites for hydroxylation is 2. The van der Waals surface area contributed by atoms with Crippen molar-refractivity contribution in [3.8, 4) is 0 Å². The normalized spacial score (nSPS) is 18.9. The number of fused-ring (bicyclic) bond motifs is 2. The van der Waals surface area contributed by atoms with Gasteiger partial charge < -0.3 is 19.1 Å². The summed E-state index contributed by atoms with van der Waals surface area (Å²) in [7, 11) is 0. The average molecular weight is 369 g/mol. The molecule has 140 valence electrons. The Kier molecular flexibility index (Phi) is 3.89. The number of ether oxygens (including phenoxy) is 1. The third kappa shape index (κ3) is 2.78. The summed E-state index contributed by atoms with van der Waals surface area (Å²) in [6.45, 7) is 2.71. The monoisotopic (exact) mass is 369 g/mol. The Morgan fingerprint density at radius 2 is 2.11 bits per heavy atom. The molecule has 1 saturated heterocycles. The van der Waals surface area contributed by atoms with Crippen LogP contribution in [0.2, 0.25) is 0 Å². The lowest BCUT2D eigenvalue weighted by Gasteiger charge is -2.09. The molecule has 1 aliphatic heterocycles. The van der Waals surface area contributed by atoms with Crippen LogP contribution in [0.5, 0.6) is 0 Å². The van der Waals surface area contributed by atoms with Crippen molar-refractivity contribution in [2.75, 3.05) is 6.61 Å². The maximum Gasteiger partial charge on any atom is 0.259 e. The van der Waals surface area contributed by atoms with Crippen LogP contribution < -0.4 is 5.32 Å². The Bertz CT molecular complexity index is 1020. The van der Waals surface area contributed by atoms with Gasteiger partial charge in [-0.1, -0.05) is 10.3 Å². The van der Waals surface area contributed by atoms with E-state index in [1.54, 1.807) is 0 Å². The summed E-state index contributed by atoms with van der Waals surface area (Å²) in [4.78, 5) is 21.8. The van der Waals surface area contributed by atoms with E-state index >= 15 is 0 Å². The molecule has 0 spiro atoms. The Balaban J connectivity index is 1.39. The molecule has 1 N–H and O–H groups in total. The Morgan fingerprint density at radius 3 is 2.96 bits per heavy atom. The maximum atomic E-state index is 13.0. The number of hydrogen-bond donors (Lipinski definition) is 1. The van der Waals surface area contributed by atoms with Crippen LogP contribution in [0.3, 0.4) is 0 Å². The predicted molar refractivity (Wildman–Crippen MR) is 92.0 cm³/mol. The van der Waals surface area contributed by atoms with Gasteiger partial charge in [-0.05, 0) is 44.6 Å². The molecule has 9 heteroatoms. The van der Waals surface area contributed by atoms with Gasteiger partial charge in [-0.3, -0.25) is 4.79 Å². The first-order valence-electron chi connectivity index (χ1n) is 9.20. The number of nitrogens with zero attached hydrogens (tertiary/aromatic N) is 4. The van der Waals surface area contributed by atoms with Crippen LogP contribution in [0.4, 0.5) is 0 Å². The van der Waals surface area contributed by atoms with Crippen molar-refractivity contribution in [2.45, 2.75) is 51.7 Å². The molecule has 0 radical (unpaired) electrons. The van der Waals surface area contributed by atoms with Crippen molar-refractivity contribution in [2.24, 2.45) is 0 Å². The van der Waals surface area contributed by atoms with E-state index in [1.165, 1.54) is 0 Å². The highest BCUT2D eigenvalue weighted by molar-refractivity contribution is 6.07. The predicted octanol–water partition coefficient (Wildman–Crippen LogP) is 2.18. The van der Waals surface area contributed by atoms with Gasteiger partial charge in [-0.15, -0.1) is 0 Å². The molecule has 9 nitrogen and oxygen atoms in total.